The van der Waals surface area contributed by atoms with Gasteiger partial charge in [0.1, 0.15) is 0 Å². The first-order valence-electron chi connectivity index (χ1n) is 7.56. The van der Waals surface area contributed by atoms with Crippen molar-refractivity contribution in [3.63, 3.8) is 0 Å². The second kappa shape index (κ2) is 5.25. The summed E-state index contributed by atoms with van der Waals surface area (Å²) in [4.78, 5) is 5.29. The molecule has 3 heteroatoms. The number of rotatable bonds is 4. The predicted octanol–water partition coefficient (Wildman–Crippen LogP) is 1.15. The summed E-state index contributed by atoms with van der Waals surface area (Å²) in [5, 5.41) is 3.88. The number of nitrogens with one attached hydrogen (secondary N) is 1. The van der Waals surface area contributed by atoms with E-state index in [1.807, 2.05) is 0 Å². The van der Waals surface area contributed by atoms with Crippen LogP contribution in [0, 0.1) is 5.92 Å². The second-order valence-electron chi connectivity index (χ2n) is 6.08. The van der Waals surface area contributed by atoms with E-state index in [9.17, 15) is 0 Å². The molecule has 4 aliphatic rings. The molecule has 4 heterocycles. The van der Waals surface area contributed by atoms with Crippen molar-refractivity contribution in [2.75, 3.05) is 39.3 Å². The minimum Gasteiger partial charge on any atom is -0.311 e. The van der Waals surface area contributed by atoms with Crippen molar-refractivity contribution in [3.8, 4) is 0 Å². The average molecular weight is 237 g/mol. The molecule has 0 radical (unpaired) electrons. The first kappa shape index (κ1) is 11.9. The number of hydrogen-bond acceptors (Lipinski definition) is 3. The molecule has 0 amide bonds. The summed E-state index contributed by atoms with van der Waals surface area (Å²) in [5.74, 6) is 0.969. The van der Waals surface area contributed by atoms with E-state index in [2.05, 4.69) is 22.0 Å². The normalized spacial score (nSPS) is 42.2. The molecule has 4 aliphatic heterocycles. The first-order valence-corrected chi connectivity index (χ1v) is 7.56. The zero-order valence-corrected chi connectivity index (χ0v) is 11.2. The van der Waals surface area contributed by atoms with Crippen LogP contribution in [0.5, 0.6) is 0 Å². The lowest BCUT2D eigenvalue weighted by Gasteiger charge is -2.45. The van der Waals surface area contributed by atoms with Gasteiger partial charge in [-0.3, -0.25) is 4.90 Å². The number of fused-ring (bicyclic) bond motifs is 3. The molecule has 0 aromatic rings. The van der Waals surface area contributed by atoms with E-state index in [-0.39, 0.29) is 0 Å². The standard InChI is InChI=1S/C14H27N3/c1-2-17-7-3-4-13(17)10-15-14-11-16-8-5-12(14)6-9-16/h12-15H,2-11H2,1H3. The summed E-state index contributed by atoms with van der Waals surface area (Å²) in [6.07, 6.45) is 5.67. The molecule has 0 aromatic carbocycles. The Kier molecular flexibility index (Phi) is 3.69. The molecule has 0 spiro atoms. The van der Waals surface area contributed by atoms with Crippen LogP contribution in [0.25, 0.3) is 0 Å². The molecular weight excluding hydrogens is 210 g/mol. The largest absolute Gasteiger partial charge is 0.311 e. The summed E-state index contributed by atoms with van der Waals surface area (Å²) in [5.41, 5.74) is 0. The van der Waals surface area contributed by atoms with Gasteiger partial charge < -0.3 is 10.2 Å². The molecule has 4 saturated heterocycles. The van der Waals surface area contributed by atoms with Gasteiger partial charge in [-0.25, -0.2) is 0 Å². The van der Waals surface area contributed by atoms with Crippen molar-refractivity contribution < 1.29 is 0 Å². The van der Waals surface area contributed by atoms with Crippen LogP contribution in [0.1, 0.15) is 32.6 Å². The molecule has 0 saturated carbocycles. The number of hydrogen-bond donors (Lipinski definition) is 1. The lowest BCUT2D eigenvalue weighted by molar-refractivity contribution is 0.0693. The van der Waals surface area contributed by atoms with E-state index in [0.717, 1.165) is 18.0 Å². The third kappa shape index (κ3) is 2.51. The van der Waals surface area contributed by atoms with Crippen molar-refractivity contribution in [2.24, 2.45) is 5.92 Å². The third-order valence-corrected chi connectivity index (χ3v) is 5.18. The molecule has 4 fully saturated rings. The topological polar surface area (TPSA) is 18.5 Å². The smallest absolute Gasteiger partial charge is 0.0224 e. The van der Waals surface area contributed by atoms with E-state index >= 15 is 0 Å². The maximum Gasteiger partial charge on any atom is 0.0224 e. The molecule has 3 nitrogen and oxygen atoms in total. The number of likely N-dealkylation sites (N-methyl/N-ethyl adjacent to an activating group) is 1. The maximum absolute atomic E-state index is 3.88. The van der Waals surface area contributed by atoms with Gasteiger partial charge in [-0.05, 0) is 57.8 Å². The van der Waals surface area contributed by atoms with Gasteiger partial charge in [0.25, 0.3) is 0 Å². The monoisotopic (exact) mass is 237 g/mol. The van der Waals surface area contributed by atoms with Gasteiger partial charge in [-0.15, -0.1) is 0 Å². The molecule has 0 aromatic heterocycles. The summed E-state index contributed by atoms with van der Waals surface area (Å²) in [6, 6.07) is 1.60. The van der Waals surface area contributed by atoms with Gasteiger partial charge in [0.15, 0.2) is 0 Å². The summed E-state index contributed by atoms with van der Waals surface area (Å²) >= 11 is 0. The van der Waals surface area contributed by atoms with Crippen LogP contribution < -0.4 is 5.32 Å². The number of likely N-dealkylation sites (tertiary alicyclic amines) is 1. The van der Waals surface area contributed by atoms with E-state index in [4.69, 9.17) is 0 Å². The maximum atomic E-state index is 3.88. The lowest BCUT2D eigenvalue weighted by Crippen LogP contribution is -2.57. The Labute approximate surface area is 106 Å². The van der Waals surface area contributed by atoms with Crippen LogP contribution >= 0.6 is 0 Å². The van der Waals surface area contributed by atoms with Crippen molar-refractivity contribution in [2.45, 2.75) is 44.7 Å². The van der Waals surface area contributed by atoms with Crippen molar-refractivity contribution in [3.05, 3.63) is 0 Å². The molecule has 98 valence electrons. The van der Waals surface area contributed by atoms with Gasteiger partial charge in [0, 0.05) is 25.2 Å². The zero-order valence-electron chi connectivity index (χ0n) is 11.2. The quantitative estimate of drug-likeness (QED) is 0.791. The molecule has 2 bridgehead atoms. The van der Waals surface area contributed by atoms with Gasteiger partial charge >= 0.3 is 0 Å². The summed E-state index contributed by atoms with van der Waals surface area (Å²) in [7, 11) is 0. The highest BCUT2D eigenvalue weighted by Crippen LogP contribution is 2.27. The Balaban J connectivity index is 1.48. The van der Waals surface area contributed by atoms with Gasteiger partial charge in [-0.1, -0.05) is 6.92 Å². The molecule has 0 aliphatic carbocycles. The molecule has 17 heavy (non-hydrogen) atoms. The molecule has 2 atom stereocenters. The highest BCUT2D eigenvalue weighted by atomic mass is 15.2. The molecule has 1 N–H and O–H groups in total. The van der Waals surface area contributed by atoms with Gasteiger partial charge in [0.2, 0.25) is 0 Å². The fourth-order valence-electron chi connectivity index (χ4n) is 4.03. The highest BCUT2D eigenvalue weighted by molar-refractivity contribution is 4.92. The Morgan fingerprint density at radius 1 is 1.12 bits per heavy atom. The third-order valence-electron chi connectivity index (χ3n) is 5.18. The molecule has 2 unspecified atom stereocenters. The Hall–Kier alpha value is -0.120. The van der Waals surface area contributed by atoms with E-state index < -0.39 is 0 Å². The minimum absolute atomic E-state index is 0.789. The summed E-state index contributed by atoms with van der Waals surface area (Å²) in [6.45, 7) is 10.1. The van der Waals surface area contributed by atoms with E-state index in [1.54, 1.807) is 0 Å². The highest BCUT2D eigenvalue weighted by Gasteiger charge is 2.34. The van der Waals surface area contributed by atoms with Gasteiger partial charge in [0.05, 0.1) is 0 Å². The lowest BCUT2D eigenvalue weighted by atomic mass is 9.84. The first-order chi connectivity index (χ1) is 8.36. The van der Waals surface area contributed by atoms with Crippen molar-refractivity contribution in [1.82, 2.24) is 15.1 Å². The fraction of sp³-hybridized carbons (Fsp3) is 1.00. The Morgan fingerprint density at radius 3 is 2.59 bits per heavy atom. The SMILES string of the molecule is CCN1CCCC1CNC1CN2CCC1CC2. The van der Waals surface area contributed by atoms with Crippen LogP contribution in [0.2, 0.25) is 0 Å². The zero-order chi connectivity index (χ0) is 11.7. The Bertz CT molecular complexity index is 248. The fourth-order valence-corrected chi connectivity index (χ4v) is 4.03. The predicted molar refractivity (Wildman–Crippen MR) is 71.2 cm³/mol. The molecule has 4 rings (SSSR count). The number of nitrogens with zero attached hydrogens (tertiary/aromatic N) is 2. The second-order valence-corrected chi connectivity index (χ2v) is 6.08. The van der Waals surface area contributed by atoms with E-state index in [1.165, 1.54) is 65.0 Å². The van der Waals surface area contributed by atoms with Crippen molar-refractivity contribution in [1.29, 1.82) is 0 Å². The Morgan fingerprint density at radius 2 is 1.94 bits per heavy atom. The van der Waals surface area contributed by atoms with Crippen LogP contribution in [-0.2, 0) is 0 Å². The van der Waals surface area contributed by atoms with E-state index in [0.29, 0.717) is 0 Å². The van der Waals surface area contributed by atoms with Crippen LogP contribution in [-0.4, -0.2) is 61.2 Å². The van der Waals surface area contributed by atoms with Crippen LogP contribution in [0.15, 0.2) is 0 Å². The summed E-state index contributed by atoms with van der Waals surface area (Å²) < 4.78 is 0. The van der Waals surface area contributed by atoms with Crippen LogP contribution in [0.4, 0.5) is 0 Å². The van der Waals surface area contributed by atoms with Gasteiger partial charge in [-0.2, -0.15) is 0 Å². The minimum atomic E-state index is 0.789. The van der Waals surface area contributed by atoms with Crippen LogP contribution in [0.3, 0.4) is 0 Å². The molecular formula is C14H27N3. The van der Waals surface area contributed by atoms with Crippen molar-refractivity contribution >= 4 is 0 Å². The number of piperidine rings is 3. The average Bonchev–Trinajstić information content (AvgIpc) is 2.85.